The first kappa shape index (κ1) is 13.3. The quantitative estimate of drug-likeness (QED) is 0.779. The van der Waals surface area contributed by atoms with Crippen molar-refractivity contribution in [1.82, 2.24) is 15.1 Å². The molecule has 3 nitrogen and oxygen atoms in total. The van der Waals surface area contributed by atoms with Gasteiger partial charge >= 0.3 is 0 Å². The monoisotopic (exact) mass is 239 g/mol. The minimum Gasteiger partial charge on any atom is -0.316 e. The van der Waals surface area contributed by atoms with Gasteiger partial charge < -0.3 is 10.2 Å². The summed E-state index contributed by atoms with van der Waals surface area (Å²) in [6.07, 6.45) is 2.86. The minimum absolute atomic E-state index is 0.775. The molecule has 0 aromatic heterocycles. The van der Waals surface area contributed by atoms with Crippen molar-refractivity contribution < 1.29 is 0 Å². The lowest BCUT2D eigenvalue weighted by atomic mass is 9.78. The van der Waals surface area contributed by atoms with E-state index < -0.39 is 0 Å². The summed E-state index contributed by atoms with van der Waals surface area (Å²) >= 11 is 0. The van der Waals surface area contributed by atoms with Crippen molar-refractivity contribution in [2.75, 3.05) is 46.3 Å². The average molecular weight is 239 g/mol. The summed E-state index contributed by atoms with van der Waals surface area (Å²) in [5, 5.41) is 3.63. The Morgan fingerprint density at radius 1 is 1.12 bits per heavy atom. The van der Waals surface area contributed by atoms with Crippen LogP contribution in [0.2, 0.25) is 0 Å². The summed E-state index contributed by atoms with van der Waals surface area (Å²) in [6.45, 7) is 12.0. The van der Waals surface area contributed by atoms with Crippen molar-refractivity contribution in [1.29, 1.82) is 0 Å². The van der Waals surface area contributed by atoms with E-state index >= 15 is 0 Å². The maximum atomic E-state index is 3.63. The summed E-state index contributed by atoms with van der Waals surface area (Å²) in [5.41, 5.74) is 0. The Morgan fingerprint density at radius 2 is 1.82 bits per heavy atom. The van der Waals surface area contributed by atoms with Crippen LogP contribution in [0.1, 0.15) is 26.7 Å². The third kappa shape index (κ3) is 3.67. The van der Waals surface area contributed by atoms with Crippen LogP contribution in [-0.2, 0) is 0 Å². The number of likely N-dealkylation sites (N-methyl/N-ethyl adjacent to an activating group) is 1. The molecule has 17 heavy (non-hydrogen) atoms. The number of nitrogens with zero attached hydrogens (tertiary/aromatic N) is 2. The number of piperazine rings is 1. The predicted molar refractivity (Wildman–Crippen MR) is 73.3 cm³/mol. The normalized spacial score (nSPS) is 31.8. The van der Waals surface area contributed by atoms with E-state index in [9.17, 15) is 0 Å². The Bertz CT molecular complexity index is 222. The highest BCUT2D eigenvalue weighted by Crippen LogP contribution is 2.32. The predicted octanol–water partition coefficient (Wildman–Crippen LogP) is 1.26. The first-order valence-electron chi connectivity index (χ1n) is 7.30. The fourth-order valence-electron chi connectivity index (χ4n) is 2.98. The van der Waals surface area contributed by atoms with Gasteiger partial charge in [-0.1, -0.05) is 13.8 Å². The van der Waals surface area contributed by atoms with E-state index in [1.165, 1.54) is 52.1 Å². The molecule has 2 fully saturated rings. The third-order valence-corrected chi connectivity index (χ3v) is 4.34. The van der Waals surface area contributed by atoms with Gasteiger partial charge in [0, 0.05) is 32.2 Å². The van der Waals surface area contributed by atoms with Crippen molar-refractivity contribution in [3.8, 4) is 0 Å². The van der Waals surface area contributed by atoms with E-state index in [0.29, 0.717) is 0 Å². The molecule has 1 saturated carbocycles. The van der Waals surface area contributed by atoms with E-state index in [4.69, 9.17) is 0 Å². The SMILES string of the molecule is CC(C)CNCC1CCC1N1CCN(C)CC1. The molecule has 0 aromatic rings. The standard InChI is InChI=1S/C14H29N3/c1-12(2)10-15-11-13-4-5-14(13)17-8-6-16(3)7-9-17/h12-15H,4-11H2,1-3H3. The Balaban J connectivity index is 1.67. The molecule has 2 atom stereocenters. The summed E-state index contributed by atoms with van der Waals surface area (Å²) < 4.78 is 0. The molecule has 1 N–H and O–H groups in total. The van der Waals surface area contributed by atoms with Gasteiger partial charge in [0.1, 0.15) is 0 Å². The third-order valence-electron chi connectivity index (χ3n) is 4.34. The van der Waals surface area contributed by atoms with Gasteiger partial charge in [0.05, 0.1) is 0 Å². The molecular weight excluding hydrogens is 210 g/mol. The molecule has 2 unspecified atom stereocenters. The maximum Gasteiger partial charge on any atom is 0.0137 e. The molecule has 2 aliphatic rings. The molecule has 3 heteroatoms. The molecule has 100 valence electrons. The first-order valence-corrected chi connectivity index (χ1v) is 7.30. The van der Waals surface area contributed by atoms with Crippen LogP contribution < -0.4 is 5.32 Å². The van der Waals surface area contributed by atoms with Crippen molar-refractivity contribution in [3.05, 3.63) is 0 Å². The fraction of sp³-hybridized carbons (Fsp3) is 1.00. The largest absolute Gasteiger partial charge is 0.316 e. The molecule has 0 radical (unpaired) electrons. The highest BCUT2D eigenvalue weighted by molar-refractivity contribution is 4.91. The molecule has 1 heterocycles. The van der Waals surface area contributed by atoms with E-state index in [1.807, 2.05) is 0 Å². The number of hydrogen-bond acceptors (Lipinski definition) is 3. The minimum atomic E-state index is 0.775. The first-order chi connectivity index (χ1) is 8.16. The van der Waals surface area contributed by atoms with Gasteiger partial charge in [-0.3, -0.25) is 4.90 Å². The number of rotatable bonds is 5. The molecule has 0 amide bonds. The van der Waals surface area contributed by atoms with E-state index in [2.05, 4.69) is 36.0 Å². The van der Waals surface area contributed by atoms with Crippen molar-refractivity contribution in [2.24, 2.45) is 11.8 Å². The molecule has 2 rings (SSSR count). The van der Waals surface area contributed by atoms with Gasteiger partial charge in [-0.25, -0.2) is 0 Å². The van der Waals surface area contributed by atoms with Crippen LogP contribution in [0.3, 0.4) is 0 Å². The van der Waals surface area contributed by atoms with E-state index in [1.54, 1.807) is 0 Å². The van der Waals surface area contributed by atoms with Crippen molar-refractivity contribution in [2.45, 2.75) is 32.7 Å². The average Bonchev–Trinajstić information content (AvgIpc) is 2.25. The topological polar surface area (TPSA) is 18.5 Å². The molecule has 0 bridgehead atoms. The molecule has 1 aliphatic heterocycles. The Hall–Kier alpha value is -0.120. The maximum absolute atomic E-state index is 3.63. The van der Waals surface area contributed by atoms with Crippen LogP contribution in [0, 0.1) is 11.8 Å². The van der Waals surface area contributed by atoms with Crippen molar-refractivity contribution in [3.63, 3.8) is 0 Å². The van der Waals surface area contributed by atoms with Crippen LogP contribution in [0.4, 0.5) is 0 Å². The van der Waals surface area contributed by atoms with Gasteiger partial charge in [0.25, 0.3) is 0 Å². The zero-order valence-corrected chi connectivity index (χ0v) is 11.8. The van der Waals surface area contributed by atoms with Crippen LogP contribution in [0.5, 0.6) is 0 Å². The molecular formula is C14H29N3. The van der Waals surface area contributed by atoms with Crippen LogP contribution in [0.15, 0.2) is 0 Å². The zero-order valence-electron chi connectivity index (χ0n) is 11.8. The lowest BCUT2D eigenvalue weighted by Gasteiger charge is -2.47. The van der Waals surface area contributed by atoms with Gasteiger partial charge in [0.2, 0.25) is 0 Å². The lowest BCUT2D eigenvalue weighted by Crippen LogP contribution is -2.56. The number of nitrogens with one attached hydrogen (secondary N) is 1. The zero-order chi connectivity index (χ0) is 12.3. The Morgan fingerprint density at radius 3 is 2.35 bits per heavy atom. The molecule has 0 aromatic carbocycles. The smallest absolute Gasteiger partial charge is 0.0137 e. The summed E-state index contributed by atoms with van der Waals surface area (Å²) in [7, 11) is 2.24. The van der Waals surface area contributed by atoms with Gasteiger partial charge in [-0.2, -0.15) is 0 Å². The van der Waals surface area contributed by atoms with E-state index in [0.717, 1.165) is 17.9 Å². The van der Waals surface area contributed by atoms with Crippen molar-refractivity contribution >= 4 is 0 Å². The van der Waals surface area contributed by atoms with E-state index in [-0.39, 0.29) is 0 Å². The second kappa shape index (κ2) is 6.17. The Labute approximate surface area is 107 Å². The van der Waals surface area contributed by atoms with Crippen LogP contribution >= 0.6 is 0 Å². The molecule has 1 saturated heterocycles. The summed E-state index contributed by atoms with van der Waals surface area (Å²) in [4.78, 5) is 5.17. The Kier molecular flexibility index (Phi) is 4.83. The van der Waals surface area contributed by atoms with Crippen LogP contribution in [-0.4, -0.2) is 62.2 Å². The van der Waals surface area contributed by atoms with Gasteiger partial charge in [-0.05, 0) is 44.8 Å². The highest BCUT2D eigenvalue weighted by Gasteiger charge is 2.35. The highest BCUT2D eigenvalue weighted by atomic mass is 15.3. The molecule has 0 spiro atoms. The second-order valence-electron chi connectivity index (χ2n) is 6.30. The second-order valence-corrected chi connectivity index (χ2v) is 6.30. The summed E-state index contributed by atoms with van der Waals surface area (Å²) in [6, 6.07) is 0.878. The number of hydrogen-bond donors (Lipinski definition) is 1. The van der Waals surface area contributed by atoms with Gasteiger partial charge in [0.15, 0.2) is 0 Å². The fourth-order valence-corrected chi connectivity index (χ4v) is 2.98. The van der Waals surface area contributed by atoms with Crippen LogP contribution in [0.25, 0.3) is 0 Å². The molecule has 1 aliphatic carbocycles. The lowest BCUT2D eigenvalue weighted by molar-refractivity contribution is 0.0271. The summed E-state index contributed by atoms with van der Waals surface area (Å²) in [5.74, 6) is 1.69. The van der Waals surface area contributed by atoms with Gasteiger partial charge in [-0.15, -0.1) is 0 Å².